The monoisotopic (exact) mass is 496 g/mol. The van der Waals surface area contributed by atoms with Gasteiger partial charge in [-0.15, -0.1) is 0 Å². The van der Waals surface area contributed by atoms with Crippen molar-refractivity contribution < 1.29 is 14.7 Å². The summed E-state index contributed by atoms with van der Waals surface area (Å²) >= 11 is 0. The summed E-state index contributed by atoms with van der Waals surface area (Å²) in [5.41, 5.74) is 0.916. The van der Waals surface area contributed by atoms with Crippen molar-refractivity contribution in [2.24, 2.45) is 0 Å². The van der Waals surface area contributed by atoms with Crippen molar-refractivity contribution in [3.8, 4) is 0 Å². The molecule has 0 radical (unpaired) electrons. The molecule has 34 heavy (non-hydrogen) atoms. The first kappa shape index (κ1) is 31.6. The molecule has 1 rings (SSSR count). The molecule has 0 aliphatic rings. The Morgan fingerprint density at radius 2 is 0.882 bits per heavy atom. The average Bonchev–Trinajstić information content (AvgIpc) is 2.81. The van der Waals surface area contributed by atoms with Gasteiger partial charge in [-0.1, -0.05) is 13.3 Å². The number of benzene rings is 1. The molecule has 0 aromatic heterocycles. The van der Waals surface area contributed by atoms with Crippen LogP contribution >= 0.6 is 7.28 Å². The molecule has 0 spiro atoms. The Hall–Kier alpha value is -0.470. The molecule has 3 nitrogen and oxygen atoms in total. The topological polar surface area (TPSA) is 60.7 Å². The van der Waals surface area contributed by atoms with Crippen molar-refractivity contribution in [2.75, 3.05) is 6.16 Å². The van der Waals surface area contributed by atoms with E-state index in [1.54, 1.807) is 6.07 Å². The average molecular weight is 497 g/mol. The maximum atomic E-state index is 11.0. The number of rotatable bonds is 23. The van der Waals surface area contributed by atoms with Gasteiger partial charge in [0.05, 0.1) is 0 Å². The molecular weight excluding hydrogens is 439 g/mol. The molecule has 0 aliphatic carbocycles. The van der Waals surface area contributed by atoms with E-state index in [0.29, 0.717) is 11.7 Å². The van der Waals surface area contributed by atoms with Crippen molar-refractivity contribution in [3.63, 3.8) is 0 Å². The molecule has 0 atom stereocenters. The Labute approximate surface area is 212 Å². The predicted molar refractivity (Wildman–Crippen MR) is 152 cm³/mol. The Balaban J connectivity index is 2.31. The standard InChI is InChI=1S/C30H57O3P/c1-3-5-7-9-11-13-15-17-19-21-25-29-26-22-23-27-30(29)34(31,32,33)28-24-20-18-16-14-12-10-8-6-4-2/h22-23,26-27,31-33H,3-21,24-25,28H2,1-2H3. The molecule has 0 amide bonds. The zero-order valence-electron chi connectivity index (χ0n) is 22.7. The molecule has 0 fully saturated rings. The second kappa shape index (κ2) is 18.8. The molecule has 0 unspecified atom stereocenters. The summed E-state index contributed by atoms with van der Waals surface area (Å²) in [4.78, 5) is 32.9. The molecule has 0 aliphatic heterocycles. The predicted octanol–water partition coefficient (Wildman–Crippen LogP) is 8.97. The molecule has 200 valence electrons. The molecular formula is C30H57O3P. The molecule has 0 saturated heterocycles. The zero-order valence-corrected chi connectivity index (χ0v) is 23.5. The van der Waals surface area contributed by atoms with Crippen LogP contribution in [-0.2, 0) is 6.42 Å². The third-order valence-electron chi connectivity index (χ3n) is 7.21. The summed E-state index contributed by atoms with van der Waals surface area (Å²) < 4.78 is 0. The van der Waals surface area contributed by atoms with Crippen molar-refractivity contribution in [2.45, 2.75) is 149 Å². The minimum absolute atomic E-state index is 0.0944. The van der Waals surface area contributed by atoms with Crippen LogP contribution in [0, 0.1) is 0 Å². The van der Waals surface area contributed by atoms with Gasteiger partial charge in [0, 0.05) is 0 Å². The summed E-state index contributed by atoms with van der Waals surface area (Å²) in [7, 11) is -4.80. The van der Waals surface area contributed by atoms with Crippen LogP contribution < -0.4 is 5.30 Å². The van der Waals surface area contributed by atoms with Gasteiger partial charge in [-0.2, -0.15) is 0 Å². The molecule has 1 aromatic carbocycles. The van der Waals surface area contributed by atoms with Crippen LogP contribution in [0.3, 0.4) is 0 Å². The van der Waals surface area contributed by atoms with Crippen LogP contribution in [0.2, 0.25) is 0 Å². The summed E-state index contributed by atoms with van der Waals surface area (Å²) in [6, 6.07) is 7.47. The SMILES string of the molecule is CCCCCCCCCCCCc1ccccc1P(O)(O)(O)CCCCCCCCCCCC. The first-order valence-electron chi connectivity index (χ1n) is 14.7. The fourth-order valence-electron chi connectivity index (χ4n) is 4.98. The van der Waals surface area contributed by atoms with E-state index >= 15 is 0 Å². The van der Waals surface area contributed by atoms with Crippen molar-refractivity contribution in [1.82, 2.24) is 0 Å². The molecule has 0 bridgehead atoms. The summed E-state index contributed by atoms with van der Waals surface area (Å²) in [6.07, 6.45) is 25.6. The third kappa shape index (κ3) is 14.8. The number of hydrogen-bond donors (Lipinski definition) is 3. The van der Waals surface area contributed by atoms with Crippen molar-refractivity contribution >= 4 is 12.6 Å². The fourth-order valence-corrected chi connectivity index (χ4v) is 7.20. The number of unbranched alkanes of at least 4 members (excludes halogenated alkanes) is 18. The first-order chi connectivity index (χ1) is 16.4. The minimum atomic E-state index is -4.80. The van der Waals surface area contributed by atoms with Crippen LogP contribution in [0.1, 0.15) is 148 Å². The second-order valence-corrected chi connectivity index (χ2v) is 13.8. The van der Waals surface area contributed by atoms with Gasteiger partial charge in [-0.3, -0.25) is 0 Å². The Kier molecular flexibility index (Phi) is 17.4. The van der Waals surface area contributed by atoms with Crippen LogP contribution in [0.25, 0.3) is 0 Å². The van der Waals surface area contributed by atoms with Gasteiger partial charge in [0.25, 0.3) is 0 Å². The summed E-state index contributed by atoms with van der Waals surface area (Å²) in [6.45, 7) is 4.50. The van der Waals surface area contributed by atoms with E-state index in [2.05, 4.69) is 13.8 Å². The van der Waals surface area contributed by atoms with Crippen LogP contribution in [-0.4, -0.2) is 20.8 Å². The first-order valence-corrected chi connectivity index (χ1v) is 17.0. The van der Waals surface area contributed by atoms with Crippen molar-refractivity contribution in [1.29, 1.82) is 0 Å². The van der Waals surface area contributed by atoms with E-state index in [-0.39, 0.29) is 6.16 Å². The van der Waals surface area contributed by atoms with Crippen LogP contribution in [0.15, 0.2) is 24.3 Å². The Bertz CT molecular complexity index is 609. The normalized spacial score (nSPS) is 13.1. The van der Waals surface area contributed by atoms with E-state index in [4.69, 9.17) is 0 Å². The fraction of sp³-hybridized carbons (Fsp3) is 0.800. The molecule has 4 heteroatoms. The number of aryl methyl sites for hydroxylation is 1. The summed E-state index contributed by atoms with van der Waals surface area (Å²) in [5, 5.41) is 0.403. The molecule has 0 saturated carbocycles. The third-order valence-corrected chi connectivity index (χ3v) is 9.77. The van der Waals surface area contributed by atoms with E-state index in [9.17, 15) is 14.7 Å². The van der Waals surface area contributed by atoms with Crippen LogP contribution in [0.4, 0.5) is 0 Å². The van der Waals surface area contributed by atoms with E-state index in [0.717, 1.165) is 31.2 Å². The van der Waals surface area contributed by atoms with Crippen molar-refractivity contribution in [3.05, 3.63) is 29.8 Å². The van der Waals surface area contributed by atoms with E-state index in [1.807, 2.05) is 18.2 Å². The van der Waals surface area contributed by atoms with Gasteiger partial charge >= 0.3 is 199 Å². The van der Waals surface area contributed by atoms with Gasteiger partial charge in [0.1, 0.15) is 0 Å². The van der Waals surface area contributed by atoms with Gasteiger partial charge in [-0.25, -0.2) is 0 Å². The Morgan fingerprint density at radius 3 is 1.35 bits per heavy atom. The van der Waals surface area contributed by atoms with Gasteiger partial charge < -0.3 is 0 Å². The number of hydrogen-bond acceptors (Lipinski definition) is 3. The quantitative estimate of drug-likeness (QED) is 0.105. The van der Waals surface area contributed by atoms with Gasteiger partial charge in [0.15, 0.2) is 0 Å². The summed E-state index contributed by atoms with van der Waals surface area (Å²) in [5.74, 6) is 0. The zero-order chi connectivity index (χ0) is 25.0. The maximum absolute atomic E-state index is 11.0. The molecule has 3 N–H and O–H groups in total. The second-order valence-electron chi connectivity index (χ2n) is 10.6. The van der Waals surface area contributed by atoms with Crippen LogP contribution in [0.5, 0.6) is 0 Å². The van der Waals surface area contributed by atoms with E-state index in [1.165, 1.54) is 103 Å². The molecule has 0 heterocycles. The van der Waals surface area contributed by atoms with E-state index < -0.39 is 7.28 Å². The van der Waals surface area contributed by atoms with Gasteiger partial charge in [-0.05, 0) is 0 Å². The molecule has 1 aromatic rings. The van der Waals surface area contributed by atoms with Gasteiger partial charge in [0.2, 0.25) is 0 Å². The Morgan fingerprint density at radius 1 is 0.500 bits per heavy atom.